The second-order valence-electron chi connectivity index (χ2n) is 7.17. The van der Waals surface area contributed by atoms with Crippen LogP contribution in [0.5, 0.6) is 0 Å². The lowest BCUT2D eigenvalue weighted by molar-refractivity contribution is -0.128. The number of rotatable bonds is 4. The van der Waals surface area contributed by atoms with Crippen LogP contribution in [0, 0.1) is 0 Å². The molecule has 3 aliphatic rings. The van der Waals surface area contributed by atoms with Gasteiger partial charge < -0.3 is 10.6 Å². The van der Waals surface area contributed by atoms with Gasteiger partial charge in [0.2, 0.25) is 11.8 Å². The van der Waals surface area contributed by atoms with Crippen molar-refractivity contribution in [1.29, 1.82) is 0 Å². The van der Waals surface area contributed by atoms with Crippen LogP contribution in [0.3, 0.4) is 0 Å². The van der Waals surface area contributed by atoms with Crippen LogP contribution in [-0.2, 0) is 14.4 Å². The molecule has 26 heavy (non-hydrogen) atoms. The minimum absolute atomic E-state index is 0.0377. The quantitative estimate of drug-likeness (QED) is 0.848. The maximum atomic E-state index is 13.0. The van der Waals surface area contributed by atoms with E-state index in [9.17, 15) is 14.4 Å². The summed E-state index contributed by atoms with van der Waals surface area (Å²) in [7, 11) is 0. The van der Waals surface area contributed by atoms with Crippen molar-refractivity contribution in [1.82, 2.24) is 10.6 Å². The van der Waals surface area contributed by atoms with E-state index in [0.717, 1.165) is 36.3 Å². The Labute approximate surface area is 157 Å². The van der Waals surface area contributed by atoms with Gasteiger partial charge in [0, 0.05) is 17.4 Å². The van der Waals surface area contributed by atoms with Gasteiger partial charge in [-0.3, -0.25) is 19.3 Å². The van der Waals surface area contributed by atoms with E-state index in [1.54, 1.807) is 4.90 Å². The zero-order valence-corrected chi connectivity index (χ0v) is 15.4. The van der Waals surface area contributed by atoms with E-state index < -0.39 is 4.87 Å². The van der Waals surface area contributed by atoms with Crippen LogP contribution in [0.25, 0.3) is 0 Å². The van der Waals surface area contributed by atoms with Crippen molar-refractivity contribution in [3.05, 3.63) is 24.3 Å². The molecule has 0 bridgehead atoms. The number of anilines is 1. The highest BCUT2D eigenvalue weighted by Gasteiger charge is 2.57. The molecule has 138 valence electrons. The largest absolute Gasteiger partial charge is 0.352 e. The number of thioether (sulfide) groups is 1. The molecule has 2 N–H and O–H groups in total. The Morgan fingerprint density at radius 1 is 1.19 bits per heavy atom. The predicted molar refractivity (Wildman–Crippen MR) is 99.8 cm³/mol. The standard InChI is InChI=1S/C19H23N3O3S/c23-16(21-13-6-2-1-3-7-13)12-20-18(25)19-11-10-17(24)22(19)14-8-4-5-9-15(14)26-19/h4-5,8-9,13H,1-3,6-7,10-12H2,(H,20,25)(H,21,23)/t19-/m1/s1. The lowest BCUT2D eigenvalue weighted by Crippen LogP contribution is -2.54. The molecular formula is C19H23N3O3S. The number of amides is 3. The van der Waals surface area contributed by atoms with E-state index in [1.165, 1.54) is 18.2 Å². The topological polar surface area (TPSA) is 78.5 Å². The van der Waals surface area contributed by atoms with Crippen LogP contribution >= 0.6 is 11.8 Å². The summed E-state index contributed by atoms with van der Waals surface area (Å²) < 4.78 is 0. The van der Waals surface area contributed by atoms with Crippen LogP contribution in [0.4, 0.5) is 5.69 Å². The van der Waals surface area contributed by atoms with Crippen molar-refractivity contribution >= 4 is 35.2 Å². The number of hydrogen-bond acceptors (Lipinski definition) is 4. The Balaban J connectivity index is 1.41. The summed E-state index contributed by atoms with van der Waals surface area (Å²) in [4.78, 5) is 39.1. The van der Waals surface area contributed by atoms with Crippen LogP contribution in [0.15, 0.2) is 29.2 Å². The maximum Gasteiger partial charge on any atom is 0.257 e. The summed E-state index contributed by atoms with van der Waals surface area (Å²) >= 11 is 1.41. The molecule has 6 nitrogen and oxygen atoms in total. The highest BCUT2D eigenvalue weighted by Crippen LogP contribution is 2.55. The van der Waals surface area contributed by atoms with Crippen LogP contribution in [0.2, 0.25) is 0 Å². The van der Waals surface area contributed by atoms with Gasteiger partial charge in [-0.1, -0.05) is 43.2 Å². The van der Waals surface area contributed by atoms with Crippen LogP contribution in [-0.4, -0.2) is 35.2 Å². The summed E-state index contributed by atoms with van der Waals surface area (Å²) in [6.45, 7) is -0.0456. The Kier molecular flexibility index (Phi) is 4.65. The Bertz CT molecular complexity index is 747. The minimum Gasteiger partial charge on any atom is -0.352 e. The van der Waals surface area contributed by atoms with Crippen molar-refractivity contribution in [2.45, 2.75) is 60.8 Å². The molecule has 4 rings (SSSR count). The van der Waals surface area contributed by atoms with E-state index in [1.807, 2.05) is 24.3 Å². The predicted octanol–water partition coefficient (Wildman–Crippen LogP) is 2.18. The van der Waals surface area contributed by atoms with E-state index in [0.29, 0.717) is 12.8 Å². The Morgan fingerprint density at radius 3 is 2.77 bits per heavy atom. The van der Waals surface area contributed by atoms with Gasteiger partial charge >= 0.3 is 0 Å². The first-order chi connectivity index (χ1) is 12.6. The molecule has 1 atom stereocenters. The van der Waals surface area contributed by atoms with Gasteiger partial charge in [-0.05, 0) is 31.4 Å². The monoisotopic (exact) mass is 373 g/mol. The van der Waals surface area contributed by atoms with Crippen LogP contribution in [0.1, 0.15) is 44.9 Å². The third-order valence-corrected chi connectivity index (χ3v) is 6.88. The fraction of sp³-hybridized carbons (Fsp3) is 0.526. The highest BCUT2D eigenvalue weighted by atomic mass is 32.2. The molecule has 1 aromatic rings. The van der Waals surface area contributed by atoms with Crippen molar-refractivity contribution in [3.8, 4) is 0 Å². The molecule has 7 heteroatoms. The second-order valence-corrected chi connectivity index (χ2v) is 8.49. The third kappa shape index (κ3) is 2.98. The van der Waals surface area contributed by atoms with Gasteiger partial charge in [0.05, 0.1) is 12.2 Å². The molecule has 1 aromatic carbocycles. The van der Waals surface area contributed by atoms with Gasteiger partial charge in [0.1, 0.15) is 0 Å². The first-order valence-corrected chi connectivity index (χ1v) is 10.1. The number of carbonyl (C=O) groups is 3. The number of nitrogens with zero attached hydrogens (tertiary/aromatic N) is 1. The van der Waals surface area contributed by atoms with Gasteiger partial charge in [0.25, 0.3) is 5.91 Å². The molecule has 2 fully saturated rings. The van der Waals surface area contributed by atoms with E-state index in [2.05, 4.69) is 10.6 Å². The average molecular weight is 373 g/mol. The van der Waals surface area contributed by atoms with Crippen molar-refractivity contribution in [2.24, 2.45) is 0 Å². The second kappa shape index (κ2) is 6.95. The van der Waals surface area contributed by atoms with E-state index >= 15 is 0 Å². The average Bonchev–Trinajstić information content (AvgIpc) is 3.16. The molecule has 1 saturated carbocycles. The fourth-order valence-corrected chi connectivity index (χ4v) is 5.56. The molecule has 2 heterocycles. The normalized spacial score (nSPS) is 24.9. The summed E-state index contributed by atoms with van der Waals surface area (Å²) in [5.41, 5.74) is 0.793. The number of carbonyl (C=O) groups excluding carboxylic acids is 3. The molecular weight excluding hydrogens is 350 g/mol. The molecule has 0 unspecified atom stereocenters. The number of benzene rings is 1. The first-order valence-electron chi connectivity index (χ1n) is 9.29. The molecule has 2 aliphatic heterocycles. The summed E-state index contributed by atoms with van der Waals surface area (Å²) in [6, 6.07) is 7.80. The van der Waals surface area contributed by atoms with Gasteiger partial charge in [-0.25, -0.2) is 0 Å². The van der Waals surface area contributed by atoms with Gasteiger partial charge in [0.15, 0.2) is 4.87 Å². The fourth-order valence-electron chi connectivity index (χ4n) is 4.12. The maximum absolute atomic E-state index is 13.0. The zero-order valence-electron chi connectivity index (χ0n) is 14.6. The Hall–Kier alpha value is -2.02. The lowest BCUT2D eigenvalue weighted by Gasteiger charge is -2.29. The number of hydrogen-bond donors (Lipinski definition) is 2. The van der Waals surface area contributed by atoms with Crippen molar-refractivity contribution < 1.29 is 14.4 Å². The molecule has 1 saturated heterocycles. The van der Waals surface area contributed by atoms with E-state index in [-0.39, 0.29) is 30.3 Å². The summed E-state index contributed by atoms with van der Waals surface area (Å²) in [5.74, 6) is -0.453. The van der Waals surface area contributed by atoms with Crippen LogP contribution < -0.4 is 15.5 Å². The molecule has 3 amide bonds. The SMILES string of the molecule is O=C(CNC(=O)[C@]12CCC(=O)N1c1ccccc1S2)NC1CCCCC1. The van der Waals surface area contributed by atoms with Gasteiger partial charge in [-0.15, -0.1) is 0 Å². The van der Waals surface area contributed by atoms with E-state index in [4.69, 9.17) is 0 Å². The zero-order chi connectivity index (χ0) is 18.1. The number of fused-ring (bicyclic) bond motifs is 3. The summed E-state index contributed by atoms with van der Waals surface area (Å²) in [6.07, 6.45) is 6.35. The molecule has 0 aromatic heterocycles. The minimum atomic E-state index is -0.952. The number of nitrogens with one attached hydrogen (secondary N) is 2. The summed E-state index contributed by atoms with van der Waals surface area (Å²) in [5, 5.41) is 5.77. The molecule has 0 radical (unpaired) electrons. The smallest absolute Gasteiger partial charge is 0.257 e. The van der Waals surface area contributed by atoms with Gasteiger partial charge in [-0.2, -0.15) is 0 Å². The Morgan fingerprint density at radius 2 is 1.96 bits per heavy atom. The molecule has 0 spiro atoms. The lowest BCUT2D eigenvalue weighted by atomic mass is 9.95. The molecule has 1 aliphatic carbocycles. The third-order valence-electron chi connectivity index (χ3n) is 5.41. The highest BCUT2D eigenvalue weighted by molar-refractivity contribution is 8.02. The van der Waals surface area contributed by atoms with Crippen molar-refractivity contribution in [2.75, 3.05) is 11.4 Å². The van der Waals surface area contributed by atoms with Crippen molar-refractivity contribution in [3.63, 3.8) is 0 Å². The number of para-hydroxylation sites is 1. The first kappa shape index (κ1) is 17.4.